The van der Waals surface area contributed by atoms with E-state index in [2.05, 4.69) is 15.3 Å². The zero-order valence-corrected chi connectivity index (χ0v) is 8.01. The monoisotopic (exact) mass is 209 g/mol. The number of hydrogen-bond donors (Lipinski definition) is 2. The first-order valence-electron chi connectivity index (χ1n) is 4.39. The van der Waals surface area contributed by atoms with Crippen LogP contribution in [0.15, 0.2) is 24.4 Å². The topological polar surface area (TPSA) is 40.7 Å². The fourth-order valence-electron chi connectivity index (χ4n) is 1.20. The van der Waals surface area contributed by atoms with Crippen molar-refractivity contribution in [1.82, 2.24) is 9.97 Å². The van der Waals surface area contributed by atoms with Crippen LogP contribution in [0.4, 0.5) is 20.4 Å². The van der Waals surface area contributed by atoms with Gasteiger partial charge in [0.05, 0.1) is 5.69 Å². The summed E-state index contributed by atoms with van der Waals surface area (Å²) in [6.45, 7) is 1.82. The molecule has 1 heterocycles. The molecule has 0 aliphatic heterocycles. The number of rotatable bonds is 2. The van der Waals surface area contributed by atoms with Crippen LogP contribution in [0.2, 0.25) is 0 Å². The Hall–Kier alpha value is -1.91. The van der Waals surface area contributed by atoms with Gasteiger partial charge in [0.25, 0.3) is 0 Å². The fraction of sp³-hybridized carbons (Fsp3) is 0.100. The molecule has 2 aromatic rings. The molecule has 0 saturated carbocycles. The second kappa shape index (κ2) is 3.68. The number of aromatic amines is 1. The molecule has 0 aliphatic carbocycles. The van der Waals surface area contributed by atoms with Crippen LogP contribution in [0.1, 0.15) is 5.69 Å². The minimum absolute atomic E-state index is 0.0596. The summed E-state index contributed by atoms with van der Waals surface area (Å²) in [7, 11) is 0. The zero-order chi connectivity index (χ0) is 10.8. The molecule has 1 aromatic heterocycles. The van der Waals surface area contributed by atoms with E-state index in [1.807, 2.05) is 6.92 Å². The molecule has 0 radical (unpaired) electrons. The molecule has 1 aromatic carbocycles. The number of imidazole rings is 1. The van der Waals surface area contributed by atoms with Crippen LogP contribution in [-0.4, -0.2) is 9.97 Å². The molecule has 0 spiro atoms. The molecule has 0 unspecified atom stereocenters. The number of nitrogens with one attached hydrogen (secondary N) is 2. The van der Waals surface area contributed by atoms with E-state index in [-0.39, 0.29) is 5.69 Å². The second-order valence-electron chi connectivity index (χ2n) is 3.14. The third-order valence-corrected chi connectivity index (χ3v) is 1.91. The number of aryl methyl sites for hydroxylation is 1. The number of hydrogen-bond acceptors (Lipinski definition) is 2. The van der Waals surface area contributed by atoms with Crippen LogP contribution in [0.5, 0.6) is 0 Å². The first kappa shape index (κ1) is 9.64. The third kappa shape index (κ3) is 1.96. The molecule has 5 heteroatoms. The van der Waals surface area contributed by atoms with Gasteiger partial charge in [0, 0.05) is 11.9 Å². The van der Waals surface area contributed by atoms with Gasteiger partial charge in [-0.2, -0.15) is 0 Å². The van der Waals surface area contributed by atoms with E-state index in [0.29, 0.717) is 5.95 Å². The van der Waals surface area contributed by atoms with Gasteiger partial charge < -0.3 is 10.3 Å². The number of aromatic nitrogens is 2. The number of H-pyrrole nitrogens is 1. The Morgan fingerprint density at radius 1 is 1.33 bits per heavy atom. The molecule has 0 bridgehead atoms. The summed E-state index contributed by atoms with van der Waals surface area (Å²) in [6, 6.07) is 3.93. The van der Waals surface area contributed by atoms with E-state index in [9.17, 15) is 8.78 Å². The Morgan fingerprint density at radius 2 is 2.13 bits per heavy atom. The van der Waals surface area contributed by atoms with Gasteiger partial charge in [0.1, 0.15) is 0 Å². The Kier molecular flexibility index (Phi) is 2.37. The van der Waals surface area contributed by atoms with Crippen molar-refractivity contribution in [2.45, 2.75) is 6.92 Å². The number of anilines is 2. The minimum atomic E-state index is -0.911. The molecular formula is C10H9F2N3. The third-order valence-electron chi connectivity index (χ3n) is 1.91. The van der Waals surface area contributed by atoms with E-state index in [4.69, 9.17) is 0 Å². The van der Waals surface area contributed by atoms with Crippen molar-refractivity contribution in [3.8, 4) is 0 Å². The predicted octanol–water partition coefficient (Wildman–Crippen LogP) is 2.74. The molecule has 78 valence electrons. The summed E-state index contributed by atoms with van der Waals surface area (Å²) in [5.41, 5.74) is 0.902. The molecule has 0 amide bonds. The van der Waals surface area contributed by atoms with Gasteiger partial charge in [-0.15, -0.1) is 0 Å². The lowest BCUT2D eigenvalue weighted by atomic mass is 10.3. The van der Waals surface area contributed by atoms with Crippen molar-refractivity contribution >= 4 is 11.6 Å². The van der Waals surface area contributed by atoms with Crippen LogP contribution in [0.3, 0.4) is 0 Å². The standard InChI is InChI=1S/C10H9F2N3/c1-6-5-13-10(14-6)15-8-4-2-3-7(11)9(8)12/h2-5H,1H3,(H2,13,14,15). The van der Waals surface area contributed by atoms with Gasteiger partial charge >= 0.3 is 0 Å². The molecule has 3 nitrogen and oxygen atoms in total. The number of nitrogens with zero attached hydrogens (tertiary/aromatic N) is 1. The fourth-order valence-corrected chi connectivity index (χ4v) is 1.20. The molecule has 0 atom stereocenters. The Labute approximate surface area is 85.2 Å². The molecule has 0 fully saturated rings. The van der Waals surface area contributed by atoms with Crippen LogP contribution in [0.25, 0.3) is 0 Å². The predicted molar refractivity (Wildman–Crippen MR) is 53.0 cm³/mol. The molecule has 0 aliphatic rings. The lowest BCUT2D eigenvalue weighted by Gasteiger charge is -2.04. The van der Waals surface area contributed by atoms with Gasteiger partial charge in [-0.25, -0.2) is 13.8 Å². The van der Waals surface area contributed by atoms with Crippen molar-refractivity contribution in [2.75, 3.05) is 5.32 Å². The van der Waals surface area contributed by atoms with Gasteiger partial charge in [-0.1, -0.05) is 6.07 Å². The largest absolute Gasteiger partial charge is 0.328 e. The molecule has 15 heavy (non-hydrogen) atoms. The van der Waals surface area contributed by atoms with Crippen LogP contribution < -0.4 is 5.32 Å². The summed E-state index contributed by atoms with van der Waals surface area (Å²) in [6.07, 6.45) is 1.60. The van der Waals surface area contributed by atoms with Crippen LogP contribution in [-0.2, 0) is 0 Å². The van der Waals surface area contributed by atoms with E-state index >= 15 is 0 Å². The first-order chi connectivity index (χ1) is 7.16. The van der Waals surface area contributed by atoms with E-state index in [0.717, 1.165) is 11.8 Å². The SMILES string of the molecule is Cc1cnc(Nc2cccc(F)c2F)[nH]1. The highest BCUT2D eigenvalue weighted by Crippen LogP contribution is 2.19. The average Bonchev–Trinajstić information content (AvgIpc) is 2.59. The van der Waals surface area contributed by atoms with Crippen LogP contribution >= 0.6 is 0 Å². The van der Waals surface area contributed by atoms with E-state index in [1.165, 1.54) is 12.1 Å². The normalized spacial score (nSPS) is 10.3. The Bertz CT molecular complexity index is 479. The van der Waals surface area contributed by atoms with Gasteiger partial charge in [0.2, 0.25) is 5.95 Å². The quantitative estimate of drug-likeness (QED) is 0.798. The second-order valence-corrected chi connectivity index (χ2v) is 3.14. The van der Waals surface area contributed by atoms with Crippen molar-refractivity contribution in [1.29, 1.82) is 0 Å². The zero-order valence-electron chi connectivity index (χ0n) is 8.01. The van der Waals surface area contributed by atoms with Crippen molar-refractivity contribution in [3.63, 3.8) is 0 Å². The highest BCUT2D eigenvalue weighted by Gasteiger charge is 2.08. The van der Waals surface area contributed by atoms with Gasteiger partial charge in [-0.05, 0) is 19.1 Å². The highest BCUT2D eigenvalue weighted by atomic mass is 19.2. The lowest BCUT2D eigenvalue weighted by Crippen LogP contribution is -1.97. The van der Waals surface area contributed by atoms with E-state index < -0.39 is 11.6 Å². The maximum absolute atomic E-state index is 13.2. The summed E-state index contributed by atoms with van der Waals surface area (Å²) in [5, 5.41) is 2.65. The Balaban J connectivity index is 2.28. The Morgan fingerprint density at radius 3 is 2.80 bits per heavy atom. The molecule has 0 saturated heterocycles. The average molecular weight is 209 g/mol. The number of benzene rings is 1. The summed E-state index contributed by atoms with van der Waals surface area (Å²) >= 11 is 0. The maximum Gasteiger partial charge on any atom is 0.204 e. The smallest absolute Gasteiger partial charge is 0.204 e. The van der Waals surface area contributed by atoms with Gasteiger partial charge in [-0.3, -0.25) is 0 Å². The van der Waals surface area contributed by atoms with Gasteiger partial charge in [0.15, 0.2) is 11.6 Å². The van der Waals surface area contributed by atoms with E-state index in [1.54, 1.807) is 6.20 Å². The molecular weight excluding hydrogens is 200 g/mol. The van der Waals surface area contributed by atoms with Crippen molar-refractivity contribution in [3.05, 3.63) is 41.7 Å². The summed E-state index contributed by atoms with van der Waals surface area (Å²) < 4.78 is 26.1. The number of halogens is 2. The highest BCUT2D eigenvalue weighted by molar-refractivity contribution is 5.54. The summed E-state index contributed by atoms with van der Waals surface area (Å²) in [5.74, 6) is -1.41. The van der Waals surface area contributed by atoms with Crippen LogP contribution in [0, 0.1) is 18.6 Å². The minimum Gasteiger partial charge on any atom is -0.328 e. The molecule has 2 N–H and O–H groups in total. The first-order valence-corrected chi connectivity index (χ1v) is 4.39. The van der Waals surface area contributed by atoms with Crippen molar-refractivity contribution in [2.24, 2.45) is 0 Å². The van der Waals surface area contributed by atoms with Crippen molar-refractivity contribution < 1.29 is 8.78 Å². The molecule has 2 rings (SSSR count). The maximum atomic E-state index is 13.2. The summed E-state index contributed by atoms with van der Waals surface area (Å²) in [4.78, 5) is 6.79. The lowest BCUT2D eigenvalue weighted by molar-refractivity contribution is 0.511.